The van der Waals surface area contributed by atoms with E-state index in [0.29, 0.717) is 10.6 Å². The van der Waals surface area contributed by atoms with E-state index in [0.717, 1.165) is 34.1 Å². The lowest BCUT2D eigenvalue weighted by Gasteiger charge is -2.33. The molecule has 11 heteroatoms. The van der Waals surface area contributed by atoms with Crippen LogP contribution in [-0.4, -0.2) is 44.8 Å². The van der Waals surface area contributed by atoms with Crippen molar-refractivity contribution >= 4 is 50.7 Å². The van der Waals surface area contributed by atoms with Gasteiger partial charge in [0.1, 0.15) is 18.4 Å². The maximum absolute atomic E-state index is 14.2. The molecule has 0 aliphatic carbocycles. The van der Waals surface area contributed by atoms with Gasteiger partial charge in [0.15, 0.2) is 0 Å². The number of hydrogen-bond acceptors (Lipinski definition) is 4. The minimum atomic E-state index is -4.31. The van der Waals surface area contributed by atoms with Gasteiger partial charge in [0.2, 0.25) is 11.8 Å². The lowest BCUT2D eigenvalue weighted by atomic mass is 10.0. The van der Waals surface area contributed by atoms with E-state index >= 15 is 0 Å². The lowest BCUT2D eigenvalue weighted by molar-refractivity contribution is -0.139. The van der Waals surface area contributed by atoms with E-state index in [2.05, 4.69) is 5.32 Å². The van der Waals surface area contributed by atoms with Gasteiger partial charge in [-0.3, -0.25) is 13.9 Å². The van der Waals surface area contributed by atoms with Gasteiger partial charge in [0, 0.05) is 20.0 Å². The van der Waals surface area contributed by atoms with Gasteiger partial charge < -0.3 is 10.2 Å². The maximum Gasteiger partial charge on any atom is 0.264 e. The second-order valence-electron chi connectivity index (χ2n) is 9.39. The molecule has 218 valence electrons. The Bertz CT molecular complexity index is 1640. The number of rotatable bonds is 11. The smallest absolute Gasteiger partial charge is 0.264 e. The summed E-state index contributed by atoms with van der Waals surface area (Å²) in [6, 6.07) is 25.5. The Balaban J connectivity index is 1.78. The van der Waals surface area contributed by atoms with Gasteiger partial charge >= 0.3 is 0 Å². The summed E-state index contributed by atoms with van der Waals surface area (Å²) in [5.74, 6) is -1.67. The van der Waals surface area contributed by atoms with Crippen LogP contribution in [0.5, 0.6) is 0 Å². The van der Waals surface area contributed by atoms with Crippen molar-refractivity contribution in [1.29, 1.82) is 0 Å². The van der Waals surface area contributed by atoms with Crippen LogP contribution in [0.4, 0.5) is 10.1 Å². The van der Waals surface area contributed by atoms with Crippen LogP contribution in [0.1, 0.15) is 11.1 Å². The average Bonchev–Trinajstić information content (AvgIpc) is 3.00. The van der Waals surface area contributed by atoms with Crippen molar-refractivity contribution in [2.45, 2.75) is 23.9 Å². The Kier molecular flexibility index (Phi) is 10.2. The maximum atomic E-state index is 14.2. The van der Waals surface area contributed by atoms with E-state index in [-0.39, 0.29) is 28.6 Å². The second-order valence-corrected chi connectivity index (χ2v) is 12.1. The van der Waals surface area contributed by atoms with E-state index in [9.17, 15) is 22.4 Å². The Morgan fingerprint density at radius 2 is 1.45 bits per heavy atom. The normalized spacial score (nSPS) is 11.9. The molecule has 1 N–H and O–H groups in total. The molecular formula is C31H28Cl2FN3O4S. The first-order valence-electron chi connectivity index (χ1n) is 12.9. The highest BCUT2D eigenvalue weighted by atomic mass is 35.5. The van der Waals surface area contributed by atoms with Crippen molar-refractivity contribution in [1.82, 2.24) is 10.2 Å². The predicted octanol–water partition coefficient (Wildman–Crippen LogP) is 5.71. The lowest BCUT2D eigenvalue weighted by Crippen LogP contribution is -2.53. The first-order chi connectivity index (χ1) is 20.1. The number of amides is 2. The Hall–Kier alpha value is -3.92. The summed E-state index contributed by atoms with van der Waals surface area (Å²) >= 11 is 12.4. The van der Waals surface area contributed by atoms with Crippen molar-refractivity contribution < 1.29 is 22.4 Å². The van der Waals surface area contributed by atoms with E-state index in [4.69, 9.17) is 23.2 Å². The minimum absolute atomic E-state index is 0.0557. The highest BCUT2D eigenvalue weighted by molar-refractivity contribution is 7.92. The van der Waals surface area contributed by atoms with Gasteiger partial charge in [0.05, 0.1) is 20.6 Å². The third-order valence-electron chi connectivity index (χ3n) is 6.58. The van der Waals surface area contributed by atoms with E-state index < -0.39 is 40.2 Å². The number of benzene rings is 4. The van der Waals surface area contributed by atoms with Gasteiger partial charge in [-0.25, -0.2) is 12.8 Å². The number of para-hydroxylation sites is 1. The number of halogens is 3. The monoisotopic (exact) mass is 627 g/mol. The quantitative estimate of drug-likeness (QED) is 0.231. The number of hydrogen-bond donors (Lipinski definition) is 1. The summed E-state index contributed by atoms with van der Waals surface area (Å²) in [6.45, 7) is -0.687. The number of nitrogens with one attached hydrogen (secondary N) is 1. The molecule has 4 aromatic rings. The molecule has 7 nitrogen and oxygen atoms in total. The second kappa shape index (κ2) is 13.8. The molecule has 0 aromatic heterocycles. The molecule has 0 radical (unpaired) electrons. The molecule has 42 heavy (non-hydrogen) atoms. The van der Waals surface area contributed by atoms with Crippen LogP contribution >= 0.6 is 23.2 Å². The van der Waals surface area contributed by atoms with E-state index in [1.807, 2.05) is 30.3 Å². The summed E-state index contributed by atoms with van der Waals surface area (Å²) in [4.78, 5) is 28.6. The van der Waals surface area contributed by atoms with Gasteiger partial charge in [-0.2, -0.15) is 0 Å². The molecule has 0 fully saturated rings. The van der Waals surface area contributed by atoms with Crippen molar-refractivity contribution in [3.63, 3.8) is 0 Å². The summed E-state index contributed by atoms with van der Waals surface area (Å²) in [6.07, 6.45) is 0.170. The first-order valence-corrected chi connectivity index (χ1v) is 15.1. The standard InChI is InChI=1S/C31H28Cl2FN3O4S/c1-35-31(39)29(19-22-8-4-2-5-9-22)36(20-23-12-17-27(32)28(33)18-23)30(38)21-37(25-10-6-3-7-11-25)42(40,41)26-15-13-24(34)14-16-26/h2-18,29H,19-21H2,1H3,(H,35,39). The molecular weight excluding hydrogens is 600 g/mol. The van der Waals surface area contributed by atoms with Crippen LogP contribution in [0.15, 0.2) is 108 Å². The average molecular weight is 629 g/mol. The van der Waals surface area contributed by atoms with Crippen LogP contribution in [0.3, 0.4) is 0 Å². The van der Waals surface area contributed by atoms with Crippen molar-refractivity contribution in [2.24, 2.45) is 0 Å². The van der Waals surface area contributed by atoms with Crippen LogP contribution in [0, 0.1) is 5.82 Å². The zero-order valence-electron chi connectivity index (χ0n) is 22.6. The molecule has 0 aliphatic heterocycles. The molecule has 0 saturated heterocycles. The van der Waals surface area contributed by atoms with E-state index in [1.165, 1.54) is 11.9 Å². The van der Waals surface area contributed by atoms with Crippen molar-refractivity contribution in [3.8, 4) is 0 Å². The Labute approximate surface area is 254 Å². The summed E-state index contributed by atoms with van der Waals surface area (Å²) in [5.41, 5.74) is 1.62. The molecule has 0 spiro atoms. The Morgan fingerprint density at radius 1 is 0.833 bits per heavy atom. The fourth-order valence-corrected chi connectivity index (χ4v) is 6.15. The highest BCUT2D eigenvalue weighted by Crippen LogP contribution is 2.27. The van der Waals surface area contributed by atoms with Crippen LogP contribution in [0.25, 0.3) is 0 Å². The van der Waals surface area contributed by atoms with Crippen LogP contribution in [0.2, 0.25) is 10.0 Å². The number of carbonyl (C=O) groups excluding carboxylic acids is 2. The molecule has 4 rings (SSSR count). The van der Waals surface area contributed by atoms with Crippen LogP contribution < -0.4 is 9.62 Å². The molecule has 1 unspecified atom stereocenters. The third kappa shape index (κ3) is 7.47. The summed E-state index contributed by atoms with van der Waals surface area (Å²) in [5, 5.41) is 3.22. The largest absolute Gasteiger partial charge is 0.357 e. The Morgan fingerprint density at radius 3 is 2.05 bits per heavy atom. The van der Waals surface area contributed by atoms with Gasteiger partial charge in [-0.05, 0) is 59.7 Å². The molecule has 2 amide bonds. The minimum Gasteiger partial charge on any atom is -0.357 e. The third-order valence-corrected chi connectivity index (χ3v) is 9.11. The number of anilines is 1. The molecule has 4 aromatic carbocycles. The summed E-state index contributed by atoms with van der Waals surface area (Å²) in [7, 11) is -2.85. The molecule has 0 bridgehead atoms. The van der Waals surface area contributed by atoms with Crippen molar-refractivity contribution in [3.05, 3.63) is 130 Å². The molecule has 0 aliphatic rings. The zero-order chi connectivity index (χ0) is 30.3. The first kappa shape index (κ1) is 31.0. The molecule has 1 atom stereocenters. The molecule has 0 saturated carbocycles. The van der Waals surface area contributed by atoms with Crippen molar-refractivity contribution in [2.75, 3.05) is 17.9 Å². The number of carbonyl (C=O) groups is 2. The fraction of sp³-hybridized carbons (Fsp3) is 0.161. The van der Waals surface area contributed by atoms with Crippen LogP contribution in [-0.2, 0) is 32.6 Å². The van der Waals surface area contributed by atoms with Gasteiger partial charge in [-0.15, -0.1) is 0 Å². The number of nitrogens with zero attached hydrogens (tertiary/aromatic N) is 2. The fourth-order valence-electron chi connectivity index (χ4n) is 4.41. The summed E-state index contributed by atoms with van der Waals surface area (Å²) < 4.78 is 42.2. The number of likely N-dealkylation sites (N-methyl/N-ethyl adjacent to an activating group) is 1. The predicted molar refractivity (Wildman–Crippen MR) is 162 cm³/mol. The van der Waals surface area contributed by atoms with E-state index in [1.54, 1.807) is 48.5 Å². The SMILES string of the molecule is CNC(=O)C(Cc1ccccc1)N(Cc1ccc(Cl)c(Cl)c1)C(=O)CN(c1ccccc1)S(=O)(=O)c1ccc(F)cc1. The van der Waals surface area contributed by atoms with Gasteiger partial charge in [0.25, 0.3) is 10.0 Å². The number of sulfonamides is 1. The molecule has 0 heterocycles. The topological polar surface area (TPSA) is 86.8 Å². The van der Waals surface area contributed by atoms with Gasteiger partial charge in [-0.1, -0.05) is 77.8 Å². The highest BCUT2D eigenvalue weighted by Gasteiger charge is 2.34. The zero-order valence-corrected chi connectivity index (χ0v) is 24.9.